The van der Waals surface area contributed by atoms with Gasteiger partial charge in [0.15, 0.2) is 6.10 Å². The van der Waals surface area contributed by atoms with Gasteiger partial charge in [-0.3, -0.25) is 4.79 Å². The summed E-state index contributed by atoms with van der Waals surface area (Å²) in [5.41, 5.74) is 1.79. The molecule has 1 aromatic rings. The molecule has 0 spiro atoms. The summed E-state index contributed by atoms with van der Waals surface area (Å²) in [6, 6.07) is 5.65. The Morgan fingerprint density at radius 1 is 1.30 bits per heavy atom. The maximum absolute atomic E-state index is 12.2. The van der Waals surface area contributed by atoms with Crippen molar-refractivity contribution in [3.63, 3.8) is 0 Å². The third-order valence-corrected chi connectivity index (χ3v) is 3.68. The van der Waals surface area contributed by atoms with Crippen LogP contribution in [0.3, 0.4) is 0 Å². The molecule has 2 unspecified atom stereocenters. The first-order valence-corrected chi connectivity index (χ1v) is 7.23. The van der Waals surface area contributed by atoms with Gasteiger partial charge in [-0.15, -0.1) is 0 Å². The van der Waals surface area contributed by atoms with Crippen LogP contribution in [0.5, 0.6) is 5.75 Å². The summed E-state index contributed by atoms with van der Waals surface area (Å²) in [5.74, 6) is 0.616. The zero-order valence-electron chi connectivity index (χ0n) is 12.4. The fraction of sp³-hybridized carbons (Fsp3) is 0.562. The molecule has 0 saturated carbocycles. The third kappa shape index (κ3) is 3.31. The van der Waals surface area contributed by atoms with Crippen molar-refractivity contribution >= 4 is 5.91 Å². The lowest BCUT2D eigenvalue weighted by Crippen LogP contribution is -2.38. The van der Waals surface area contributed by atoms with Gasteiger partial charge in [-0.1, -0.05) is 11.6 Å². The highest BCUT2D eigenvalue weighted by Gasteiger charge is 2.25. The summed E-state index contributed by atoms with van der Waals surface area (Å²) >= 11 is 0. The predicted octanol–water partition coefficient (Wildman–Crippen LogP) is 2.44. The first-order valence-electron chi connectivity index (χ1n) is 7.23. The second-order valence-corrected chi connectivity index (χ2v) is 5.51. The minimum atomic E-state index is -0.612. The number of ether oxygens (including phenoxy) is 1. The number of carbonyl (C=O) groups is 1. The number of aliphatic hydroxyl groups excluding tert-OH is 1. The van der Waals surface area contributed by atoms with Crippen LogP contribution in [0.25, 0.3) is 0 Å². The van der Waals surface area contributed by atoms with Crippen molar-refractivity contribution < 1.29 is 14.6 Å². The van der Waals surface area contributed by atoms with Gasteiger partial charge in [0.2, 0.25) is 0 Å². The minimum absolute atomic E-state index is 0.0274. The molecule has 20 heavy (non-hydrogen) atoms. The molecule has 1 aliphatic heterocycles. The van der Waals surface area contributed by atoms with Gasteiger partial charge < -0.3 is 14.7 Å². The molecule has 1 aromatic carbocycles. The van der Waals surface area contributed by atoms with Gasteiger partial charge in [0.25, 0.3) is 5.91 Å². The Balaban J connectivity index is 2.10. The lowest BCUT2D eigenvalue weighted by atomic mass is 10.1. The number of benzene rings is 1. The van der Waals surface area contributed by atoms with Crippen LogP contribution in [-0.2, 0) is 4.79 Å². The summed E-state index contributed by atoms with van der Waals surface area (Å²) in [6.07, 6.45) is 1.01. The van der Waals surface area contributed by atoms with Crippen molar-refractivity contribution in [3.05, 3.63) is 29.3 Å². The number of rotatable bonds is 4. The molecule has 4 nitrogen and oxygen atoms in total. The van der Waals surface area contributed by atoms with Crippen LogP contribution in [0.15, 0.2) is 18.2 Å². The Hall–Kier alpha value is -1.55. The highest BCUT2D eigenvalue weighted by Crippen LogP contribution is 2.27. The maximum Gasteiger partial charge on any atom is 0.263 e. The standard InChI is InChI=1S/C16H23NO3/c1-11-6-7-15(14(10-11)12(2)18)20-13(3)16(19)17-8-4-5-9-17/h6-7,10,12-13,18H,4-5,8-9H2,1-3H3. The molecule has 0 aliphatic carbocycles. The lowest BCUT2D eigenvalue weighted by molar-refractivity contribution is -0.136. The number of amides is 1. The second-order valence-electron chi connectivity index (χ2n) is 5.51. The van der Waals surface area contributed by atoms with Crippen LogP contribution in [0.4, 0.5) is 0 Å². The van der Waals surface area contributed by atoms with E-state index in [9.17, 15) is 9.90 Å². The van der Waals surface area contributed by atoms with E-state index in [4.69, 9.17) is 4.74 Å². The van der Waals surface area contributed by atoms with Crippen molar-refractivity contribution in [2.24, 2.45) is 0 Å². The zero-order chi connectivity index (χ0) is 14.7. The predicted molar refractivity (Wildman–Crippen MR) is 77.7 cm³/mol. The van der Waals surface area contributed by atoms with Gasteiger partial charge in [-0.05, 0) is 45.7 Å². The van der Waals surface area contributed by atoms with Crippen LogP contribution in [0.1, 0.15) is 43.9 Å². The average molecular weight is 277 g/mol. The number of hydrogen-bond donors (Lipinski definition) is 1. The smallest absolute Gasteiger partial charge is 0.263 e. The SMILES string of the molecule is Cc1ccc(OC(C)C(=O)N2CCCC2)c(C(C)O)c1. The minimum Gasteiger partial charge on any atom is -0.481 e. The Morgan fingerprint density at radius 3 is 2.55 bits per heavy atom. The number of aryl methyl sites for hydroxylation is 1. The van der Waals surface area contributed by atoms with E-state index in [1.165, 1.54) is 0 Å². The van der Waals surface area contributed by atoms with E-state index in [1.807, 2.05) is 30.0 Å². The van der Waals surface area contributed by atoms with E-state index in [0.717, 1.165) is 37.1 Å². The molecule has 1 heterocycles. The summed E-state index contributed by atoms with van der Waals surface area (Å²) in [7, 11) is 0. The monoisotopic (exact) mass is 277 g/mol. The highest BCUT2D eigenvalue weighted by molar-refractivity contribution is 5.81. The quantitative estimate of drug-likeness (QED) is 0.919. The van der Waals surface area contributed by atoms with Gasteiger partial charge in [0, 0.05) is 18.7 Å². The first kappa shape index (κ1) is 14.9. The Kier molecular flexibility index (Phi) is 4.65. The van der Waals surface area contributed by atoms with Crippen molar-refractivity contribution in [1.29, 1.82) is 0 Å². The van der Waals surface area contributed by atoms with Crippen LogP contribution >= 0.6 is 0 Å². The molecule has 1 amide bonds. The largest absolute Gasteiger partial charge is 0.481 e. The molecule has 1 fully saturated rings. The van der Waals surface area contributed by atoms with Crippen molar-refractivity contribution in [2.45, 2.75) is 45.8 Å². The van der Waals surface area contributed by atoms with Crippen molar-refractivity contribution in [1.82, 2.24) is 4.90 Å². The van der Waals surface area contributed by atoms with Gasteiger partial charge in [0.05, 0.1) is 6.10 Å². The van der Waals surface area contributed by atoms with E-state index >= 15 is 0 Å². The number of aliphatic hydroxyl groups is 1. The molecular formula is C16H23NO3. The second kappa shape index (κ2) is 6.27. The molecule has 0 radical (unpaired) electrons. The average Bonchev–Trinajstić information content (AvgIpc) is 2.93. The van der Waals surface area contributed by atoms with E-state index < -0.39 is 12.2 Å². The number of nitrogens with zero attached hydrogens (tertiary/aromatic N) is 1. The maximum atomic E-state index is 12.2. The van der Waals surface area contributed by atoms with Crippen LogP contribution in [-0.4, -0.2) is 35.1 Å². The summed E-state index contributed by atoms with van der Waals surface area (Å²) < 4.78 is 5.78. The number of hydrogen-bond acceptors (Lipinski definition) is 3. The van der Waals surface area contributed by atoms with E-state index in [1.54, 1.807) is 13.8 Å². The zero-order valence-corrected chi connectivity index (χ0v) is 12.4. The molecule has 0 bridgehead atoms. The summed E-state index contributed by atoms with van der Waals surface area (Å²) in [6.45, 7) is 7.09. The molecule has 2 atom stereocenters. The van der Waals surface area contributed by atoms with Crippen LogP contribution in [0.2, 0.25) is 0 Å². The number of carbonyl (C=O) groups excluding carboxylic acids is 1. The fourth-order valence-corrected chi connectivity index (χ4v) is 2.54. The molecule has 1 saturated heterocycles. The summed E-state index contributed by atoms with van der Waals surface area (Å²) in [4.78, 5) is 14.1. The van der Waals surface area contributed by atoms with Gasteiger partial charge in [-0.25, -0.2) is 0 Å². The molecule has 110 valence electrons. The molecule has 4 heteroatoms. The van der Waals surface area contributed by atoms with E-state index in [0.29, 0.717) is 5.75 Å². The third-order valence-electron chi connectivity index (χ3n) is 3.68. The number of likely N-dealkylation sites (tertiary alicyclic amines) is 1. The van der Waals surface area contributed by atoms with Gasteiger partial charge in [-0.2, -0.15) is 0 Å². The van der Waals surface area contributed by atoms with Crippen molar-refractivity contribution in [3.8, 4) is 5.75 Å². The molecule has 1 N–H and O–H groups in total. The molecule has 2 rings (SSSR count). The Bertz CT molecular complexity index is 479. The normalized spacial score (nSPS) is 17.9. The molecule has 1 aliphatic rings. The molecular weight excluding hydrogens is 254 g/mol. The van der Waals surface area contributed by atoms with E-state index in [2.05, 4.69) is 0 Å². The lowest BCUT2D eigenvalue weighted by Gasteiger charge is -2.23. The Labute approximate surface area is 120 Å². The van der Waals surface area contributed by atoms with Crippen LogP contribution < -0.4 is 4.74 Å². The summed E-state index contributed by atoms with van der Waals surface area (Å²) in [5, 5.41) is 9.82. The van der Waals surface area contributed by atoms with Crippen molar-refractivity contribution in [2.75, 3.05) is 13.1 Å². The van der Waals surface area contributed by atoms with Gasteiger partial charge in [0.1, 0.15) is 5.75 Å². The van der Waals surface area contributed by atoms with Crippen LogP contribution in [0, 0.1) is 6.92 Å². The Morgan fingerprint density at radius 2 is 1.95 bits per heavy atom. The highest BCUT2D eigenvalue weighted by atomic mass is 16.5. The molecule has 0 aromatic heterocycles. The van der Waals surface area contributed by atoms with Gasteiger partial charge >= 0.3 is 0 Å². The topological polar surface area (TPSA) is 49.8 Å². The fourth-order valence-electron chi connectivity index (χ4n) is 2.54. The first-order chi connectivity index (χ1) is 9.49. The van der Waals surface area contributed by atoms with E-state index in [-0.39, 0.29) is 5.91 Å².